The molecule has 0 fully saturated rings. The van der Waals surface area contributed by atoms with Crippen LogP contribution >= 0.6 is 0 Å². The molecule has 10 nitrogen and oxygen atoms in total. The van der Waals surface area contributed by atoms with Gasteiger partial charge in [-0.15, -0.1) is 5.10 Å². The van der Waals surface area contributed by atoms with Crippen LogP contribution in [0.4, 0.5) is 0 Å². The van der Waals surface area contributed by atoms with Crippen LogP contribution in [-0.2, 0) is 16.1 Å². The lowest BCUT2D eigenvalue weighted by molar-refractivity contribution is -0.129. The SMILES string of the molecule is C[C@@H](OC(=O)c1ccc(-n2cnnn2)cc1)C(=O)NCc1ccc2c(c1)OCO2. The minimum atomic E-state index is -0.948. The van der Waals surface area contributed by atoms with Gasteiger partial charge >= 0.3 is 5.97 Å². The van der Waals surface area contributed by atoms with Crippen molar-refractivity contribution < 1.29 is 23.8 Å². The Bertz CT molecular complexity index is 1020. The number of nitrogens with zero attached hydrogens (tertiary/aromatic N) is 4. The van der Waals surface area contributed by atoms with Crippen molar-refractivity contribution in [3.8, 4) is 17.2 Å². The number of aromatic nitrogens is 4. The van der Waals surface area contributed by atoms with E-state index in [2.05, 4.69) is 20.8 Å². The van der Waals surface area contributed by atoms with Gasteiger partial charge in [0.1, 0.15) is 6.33 Å². The highest BCUT2D eigenvalue weighted by Gasteiger charge is 2.19. The van der Waals surface area contributed by atoms with Gasteiger partial charge in [-0.1, -0.05) is 6.07 Å². The number of tetrazole rings is 1. The van der Waals surface area contributed by atoms with Gasteiger partial charge in [0.15, 0.2) is 17.6 Å². The van der Waals surface area contributed by atoms with E-state index in [4.69, 9.17) is 14.2 Å². The second-order valence-electron chi connectivity index (χ2n) is 6.25. The number of carbonyl (C=O) groups is 2. The van der Waals surface area contributed by atoms with Crippen LogP contribution in [0.3, 0.4) is 0 Å². The minimum absolute atomic E-state index is 0.189. The van der Waals surface area contributed by atoms with Crippen molar-refractivity contribution in [3.05, 3.63) is 59.9 Å². The Morgan fingerprint density at radius 2 is 1.97 bits per heavy atom. The fourth-order valence-electron chi connectivity index (χ4n) is 2.70. The van der Waals surface area contributed by atoms with Gasteiger partial charge in [0.2, 0.25) is 6.79 Å². The summed E-state index contributed by atoms with van der Waals surface area (Å²) in [5.74, 6) is 0.315. The van der Waals surface area contributed by atoms with E-state index in [1.54, 1.807) is 36.4 Å². The average Bonchev–Trinajstić information content (AvgIpc) is 3.43. The number of ether oxygens (including phenoxy) is 3. The Hall–Kier alpha value is -3.95. The molecule has 1 atom stereocenters. The van der Waals surface area contributed by atoms with Gasteiger partial charge in [-0.2, -0.15) is 0 Å². The maximum atomic E-state index is 12.3. The summed E-state index contributed by atoms with van der Waals surface area (Å²) in [5.41, 5.74) is 1.86. The molecule has 1 N–H and O–H groups in total. The van der Waals surface area contributed by atoms with E-state index in [1.165, 1.54) is 17.9 Å². The van der Waals surface area contributed by atoms with Gasteiger partial charge in [-0.05, 0) is 59.3 Å². The molecule has 4 rings (SSSR count). The predicted molar refractivity (Wildman–Crippen MR) is 98.4 cm³/mol. The number of carbonyl (C=O) groups excluding carboxylic acids is 2. The van der Waals surface area contributed by atoms with Crippen molar-refractivity contribution in [2.24, 2.45) is 0 Å². The first-order chi connectivity index (χ1) is 14.1. The lowest BCUT2D eigenvalue weighted by atomic mass is 10.2. The van der Waals surface area contributed by atoms with Gasteiger partial charge in [-0.3, -0.25) is 4.79 Å². The van der Waals surface area contributed by atoms with E-state index in [0.717, 1.165) is 5.56 Å². The zero-order valence-corrected chi connectivity index (χ0v) is 15.4. The fourth-order valence-corrected chi connectivity index (χ4v) is 2.70. The van der Waals surface area contributed by atoms with Crippen molar-refractivity contribution in [3.63, 3.8) is 0 Å². The summed E-state index contributed by atoms with van der Waals surface area (Å²) in [5, 5.41) is 13.6. The normalized spacial score (nSPS) is 13.0. The Balaban J connectivity index is 1.30. The van der Waals surface area contributed by atoms with Crippen LogP contribution in [0.2, 0.25) is 0 Å². The summed E-state index contributed by atoms with van der Waals surface area (Å²) in [6, 6.07) is 11.9. The fraction of sp³-hybridized carbons (Fsp3) is 0.211. The number of amides is 1. The van der Waals surface area contributed by atoms with Crippen molar-refractivity contribution in [2.75, 3.05) is 6.79 Å². The molecule has 1 aliphatic heterocycles. The number of nitrogens with one attached hydrogen (secondary N) is 1. The standard InChI is InChI=1S/C19H17N5O5/c1-12(18(25)20-9-13-2-7-16-17(8-13)28-11-27-16)29-19(26)14-3-5-15(6-4-14)24-10-21-22-23-24/h2-8,10,12H,9,11H2,1H3,(H,20,25)/t12-/m1/s1. The van der Waals surface area contributed by atoms with Gasteiger partial charge in [-0.25, -0.2) is 9.48 Å². The van der Waals surface area contributed by atoms with Crippen LogP contribution in [0.15, 0.2) is 48.8 Å². The first-order valence-electron chi connectivity index (χ1n) is 8.81. The lowest BCUT2D eigenvalue weighted by Crippen LogP contribution is -2.35. The number of benzene rings is 2. The second-order valence-corrected chi connectivity index (χ2v) is 6.25. The topological polar surface area (TPSA) is 117 Å². The van der Waals surface area contributed by atoms with Crippen LogP contribution in [0.1, 0.15) is 22.8 Å². The molecule has 0 radical (unpaired) electrons. The van der Waals surface area contributed by atoms with Gasteiger partial charge in [0, 0.05) is 6.54 Å². The van der Waals surface area contributed by atoms with E-state index >= 15 is 0 Å². The summed E-state index contributed by atoms with van der Waals surface area (Å²) < 4.78 is 17.3. The second kappa shape index (κ2) is 7.97. The van der Waals surface area contributed by atoms with Crippen molar-refractivity contribution in [1.29, 1.82) is 0 Å². The largest absolute Gasteiger partial charge is 0.454 e. The Kier molecular flexibility index (Phi) is 5.06. The highest BCUT2D eigenvalue weighted by Crippen LogP contribution is 2.32. The highest BCUT2D eigenvalue weighted by molar-refractivity contribution is 5.92. The summed E-state index contributed by atoms with van der Waals surface area (Å²) >= 11 is 0. The van der Waals surface area contributed by atoms with Crippen LogP contribution in [0.25, 0.3) is 5.69 Å². The summed E-state index contributed by atoms with van der Waals surface area (Å²) in [6.07, 6.45) is 0.496. The Morgan fingerprint density at radius 3 is 2.72 bits per heavy atom. The van der Waals surface area contributed by atoms with Crippen LogP contribution in [0, 0.1) is 0 Å². The summed E-state index contributed by atoms with van der Waals surface area (Å²) in [4.78, 5) is 24.5. The van der Waals surface area contributed by atoms with Crippen molar-refractivity contribution in [2.45, 2.75) is 19.6 Å². The van der Waals surface area contributed by atoms with E-state index in [-0.39, 0.29) is 13.3 Å². The molecule has 0 bridgehead atoms. The first-order valence-corrected chi connectivity index (χ1v) is 8.81. The minimum Gasteiger partial charge on any atom is -0.454 e. The number of hydrogen-bond acceptors (Lipinski definition) is 8. The molecule has 1 aromatic heterocycles. The van der Waals surface area contributed by atoms with E-state index < -0.39 is 18.0 Å². The van der Waals surface area contributed by atoms with Gasteiger partial charge in [0.05, 0.1) is 11.3 Å². The molecule has 0 unspecified atom stereocenters. The van der Waals surface area contributed by atoms with E-state index in [1.807, 2.05) is 6.07 Å². The van der Waals surface area contributed by atoms with Crippen molar-refractivity contribution in [1.82, 2.24) is 25.5 Å². The molecule has 3 aromatic rings. The maximum absolute atomic E-state index is 12.3. The molecule has 1 amide bonds. The quantitative estimate of drug-likeness (QED) is 0.620. The zero-order valence-electron chi connectivity index (χ0n) is 15.4. The first kappa shape index (κ1) is 18.4. The van der Waals surface area contributed by atoms with Crippen LogP contribution in [0.5, 0.6) is 11.5 Å². The molecule has 0 saturated heterocycles. The van der Waals surface area contributed by atoms with E-state index in [9.17, 15) is 9.59 Å². The molecular formula is C19H17N5O5. The highest BCUT2D eigenvalue weighted by atomic mass is 16.7. The summed E-state index contributed by atoms with van der Waals surface area (Å²) in [6.45, 7) is 1.98. The van der Waals surface area contributed by atoms with Crippen LogP contribution in [-0.4, -0.2) is 45.0 Å². The maximum Gasteiger partial charge on any atom is 0.338 e. The molecular weight excluding hydrogens is 378 g/mol. The molecule has 1 aliphatic rings. The third kappa shape index (κ3) is 4.15. The van der Waals surface area contributed by atoms with Crippen molar-refractivity contribution >= 4 is 11.9 Å². The third-order valence-corrected chi connectivity index (χ3v) is 4.27. The number of esters is 1. The van der Waals surface area contributed by atoms with Gasteiger partial charge < -0.3 is 19.5 Å². The molecule has 2 aromatic carbocycles. The number of rotatable bonds is 6. The molecule has 29 heavy (non-hydrogen) atoms. The summed E-state index contributed by atoms with van der Waals surface area (Å²) in [7, 11) is 0. The average molecular weight is 395 g/mol. The zero-order chi connectivity index (χ0) is 20.2. The van der Waals surface area contributed by atoms with Gasteiger partial charge in [0.25, 0.3) is 5.91 Å². The molecule has 148 valence electrons. The van der Waals surface area contributed by atoms with E-state index in [0.29, 0.717) is 22.7 Å². The third-order valence-electron chi connectivity index (χ3n) is 4.27. The molecule has 10 heteroatoms. The molecule has 0 saturated carbocycles. The Labute approximate surface area is 165 Å². The predicted octanol–water partition coefficient (Wildman–Crippen LogP) is 1.25. The number of hydrogen-bond donors (Lipinski definition) is 1. The van der Waals surface area contributed by atoms with Crippen LogP contribution < -0.4 is 14.8 Å². The molecule has 2 heterocycles. The molecule has 0 spiro atoms. The Morgan fingerprint density at radius 1 is 1.17 bits per heavy atom. The smallest absolute Gasteiger partial charge is 0.338 e. The number of fused-ring (bicyclic) bond motifs is 1. The monoisotopic (exact) mass is 395 g/mol. The molecule has 0 aliphatic carbocycles. The lowest BCUT2D eigenvalue weighted by Gasteiger charge is -2.14.